The largest absolute Gasteiger partial charge is 0.411 e. The fraction of sp³-hybridized carbons (Fsp3) is 0.500. The minimum atomic E-state index is -4.29. The average molecular weight is 297 g/mol. The lowest BCUT2D eigenvalue weighted by Gasteiger charge is -2.21. The van der Waals surface area contributed by atoms with Crippen LogP contribution in [0.4, 0.5) is 24.8 Å². The van der Waals surface area contributed by atoms with Gasteiger partial charge in [-0.15, -0.1) is 0 Å². The third-order valence-electron chi connectivity index (χ3n) is 2.47. The zero-order valence-electron chi connectivity index (χ0n) is 7.98. The van der Waals surface area contributed by atoms with Gasteiger partial charge >= 0.3 is 6.18 Å². The molecule has 0 radical (unpaired) electrons. The molecule has 0 spiro atoms. The van der Waals surface area contributed by atoms with Gasteiger partial charge in [0.25, 0.3) is 0 Å². The molecular weight excluding hydrogens is 289 g/mol. The number of nitrogens with one attached hydrogen (secondary N) is 1. The Morgan fingerprint density at radius 3 is 2.50 bits per heavy atom. The van der Waals surface area contributed by atoms with Crippen LogP contribution in [0.1, 0.15) is 12.8 Å². The predicted molar refractivity (Wildman–Crippen MR) is 55.8 cm³/mol. The number of nitrogens with two attached hydrogens (primary N) is 1. The number of anilines is 2. The summed E-state index contributed by atoms with van der Waals surface area (Å²) < 4.78 is 38.2. The van der Waals surface area contributed by atoms with Crippen LogP contribution >= 0.6 is 15.9 Å². The van der Waals surface area contributed by atoms with E-state index in [1.807, 2.05) is 0 Å². The SMILES string of the molecule is Nc1ncnc(NC2(C(F)(F)F)CC2)c1Br. The van der Waals surface area contributed by atoms with Crippen molar-refractivity contribution in [2.45, 2.75) is 24.6 Å². The lowest BCUT2D eigenvalue weighted by atomic mass is 10.2. The topological polar surface area (TPSA) is 63.8 Å². The summed E-state index contributed by atoms with van der Waals surface area (Å²) in [5, 5.41) is 2.38. The summed E-state index contributed by atoms with van der Waals surface area (Å²) in [4.78, 5) is 7.38. The molecule has 0 bridgehead atoms. The highest BCUT2D eigenvalue weighted by Gasteiger charge is 2.63. The molecule has 1 fully saturated rings. The normalized spacial score (nSPS) is 18.2. The number of hydrogen-bond donors (Lipinski definition) is 2. The first-order chi connectivity index (χ1) is 7.36. The van der Waals surface area contributed by atoms with Crippen LogP contribution in [0.25, 0.3) is 0 Å². The summed E-state index contributed by atoms with van der Waals surface area (Å²) in [6.45, 7) is 0. The van der Waals surface area contributed by atoms with Crippen LogP contribution in [0.15, 0.2) is 10.8 Å². The number of hydrogen-bond acceptors (Lipinski definition) is 4. The van der Waals surface area contributed by atoms with Crippen molar-refractivity contribution < 1.29 is 13.2 Å². The van der Waals surface area contributed by atoms with E-state index in [-0.39, 0.29) is 29.0 Å². The van der Waals surface area contributed by atoms with E-state index in [2.05, 4.69) is 31.2 Å². The van der Waals surface area contributed by atoms with Crippen LogP contribution in [-0.4, -0.2) is 21.7 Å². The first-order valence-electron chi connectivity index (χ1n) is 4.47. The van der Waals surface area contributed by atoms with Crippen molar-refractivity contribution in [2.24, 2.45) is 0 Å². The maximum atomic E-state index is 12.7. The second-order valence-electron chi connectivity index (χ2n) is 3.63. The molecule has 1 saturated carbocycles. The zero-order valence-corrected chi connectivity index (χ0v) is 9.56. The molecule has 0 unspecified atom stereocenters. The zero-order chi connectivity index (χ0) is 12.0. The van der Waals surface area contributed by atoms with Crippen LogP contribution in [0.5, 0.6) is 0 Å². The molecule has 4 nitrogen and oxygen atoms in total. The van der Waals surface area contributed by atoms with Crippen molar-refractivity contribution in [3.8, 4) is 0 Å². The lowest BCUT2D eigenvalue weighted by molar-refractivity contribution is -0.151. The van der Waals surface area contributed by atoms with Crippen LogP contribution in [-0.2, 0) is 0 Å². The van der Waals surface area contributed by atoms with E-state index < -0.39 is 11.7 Å². The third kappa shape index (κ3) is 1.81. The van der Waals surface area contributed by atoms with Crippen molar-refractivity contribution >= 4 is 27.6 Å². The number of nitrogen functional groups attached to an aromatic ring is 1. The van der Waals surface area contributed by atoms with E-state index in [9.17, 15) is 13.2 Å². The number of aromatic nitrogens is 2. The van der Waals surface area contributed by atoms with Crippen LogP contribution < -0.4 is 11.1 Å². The fourth-order valence-electron chi connectivity index (χ4n) is 1.30. The molecule has 0 amide bonds. The molecular formula is C8H8BrF3N4. The molecule has 3 N–H and O–H groups in total. The van der Waals surface area contributed by atoms with Gasteiger partial charge in [0.1, 0.15) is 28.0 Å². The fourth-order valence-corrected chi connectivity index (χ4v) is 1.61. The molecule has 1 aromatic rings. The number of nitrogens with zero attached hydrogens (tertiary/aromatic N) is 2. The summed E-state index contributed by atoms with van der Waals surface area (Å²) in [6.07, 6.45) is -3.07. The minimum Gasteiger partial charge on any atom is -0.383 e. The minimum absolute atomic E-state index is 0.0485. The molecule has 1 aliphatic rings. The van der Waals surface area contributed by atoms with E-state index in [1.54, 1.807) is 0 Å². The Kier molecular flexibility index (Phi) is 2.48. The highest BCUT2D eigenvalue weighted by Crippen LogP contribution is 2.51. The quantitative estimate of drug-likeness (QED) is 0.879. The van der Waals surface area contributed by atoms with E-state index in [0.29, 0.717) is 0 Å². The predicted octanol–water partition coefficient (Wildman–Crippen LogP) is 2.33. The monoisotopic (exact) mass is 296 g/mol. The summed E-state index contributed by atoms with van der Waals surface area (Å²) in [7, 11) is 0. The lowest BCUT2D eigenvalue weighted by Crippen LogP contribution is -2.39. The summed E-state index contributed by atoms with van der Waals surface area (Å²) in [5.74, 6) is 0.179. The van der Waals surface area contributed by atoms with Gasteiger partial charge in [0.05, 0.1) is 0 Å². The van der Waals surface area contributed by atoms with Crippen LogP contribution in [0.3, 0.4) is 0 Å². The van der Waals surface area contributed by atoms with Crippen molar-refractivity contribution in [1.29, 1.82) is 0 Å². The van der Waals surface area contributed by atoms with Gasteiger partial charge in [0, 0.05) is 0 Å². The van der Waals surface area contributed by atoms with Gasteiger partial charge in [-0.1, -0.05) is 0 Å². The van der Waals surface area contributed by atoms with E-state index in [4.69, 9.17) is 5.73 Å². The molecule has 2 rings (SSSR count). The maximum Gasteiger partial charge on any atom is 0.411 e. The van der Waals surface area contributed by atoms with Gasteiger partial charge in [-0.3, -0.25) is 0 Å². The molecule has 1 aliphatic carbocycles. The number of halogens is 4. The highest BCUT2D eigenvalue weighted by molar-refractivity contribution is 9.10. The molecule has 0 aliphatic heterocycles. The smallest absolute Gasteiger partial charge is 0.383 e. The van der Waals surface area contributed by atoms with E-state index >= 15 is 0 Å². The van der Waals surface area contributed by atoms with E-state index in [1.165, 1.54) is 0 Å². The molecule has 16 heavy (non-hydrogen) atoms. The summed E-state index contributed by atoms with van der Waals surface area (Å²) in [6, 6.07) is 0. The Balaban J connectivity index is 2.25. The molecule has 8 heteroatoms. The second-order valence-corrected chi connectivity index (χ2v) is 4.42. The van der Waals surface area contributed by atoms with Crippen molar-refractivity contribution in [1.82, 2.24) is 9.97 Å². The number of alkyl halides is 3. The van der Waals surface area contributed by atoms with Crippen molar-refractivity contribution in [2.75, 3.05) is 11.1 Å². The number of rotatable bonds is 2. The molecule has 0 saturated heterocycles. The molecule has 88 valence electrons. The average Bonchev–Trinajstić information content (AvgIpc) is 2.93. The Hall–Kier alpha value is -1.05. The van der Waals surface area contributed by atoms with E-state index in [0.717, 1.165) is 6.33 Å². The Morgan fingerprint density at radius 2 is 2.00 bits per heavy atom. The Morgan fingerprint density at radius 1 is 1.38 bits per heavy atom. The first kappa shape index (κ1) is 11.4. The van der Waals surface area contributed by atoms with Crippen molar-refractivity contribution in [3.63, 3.8) is 0 Å². The Bertz CT molecular complexity index is 416. The Labute approximate surface area is 97.6 Å². The van der Waals surface area contributed by atoms with Gasteiger partial charge in [-0.2, -0.15) is 13.2 Å². The maximum absolute atomic E-state index is 12.7. The molecule has 1 aromatic heterocycles. The second kappa shape index (κ2) is 3.47. The van der Waals surface area contributed by atoms with Crippen molar-refractivity contribution in [3.05, 3.63) is 10.8 Å². The van der Waals surface area contributed by atoms with Gasteiger partial charge < -0.3 is 11.1 Å². The van der Waals surface area contributed by atoms with Crippen LogP contribution in [0.2, 0.25) is 0 Å². The highest BCUT2D eigenvalue weighted by atomic mass is 79.9. The standard InChI is InChI=1S/C8H8BrF3N4/c9-4-5(13)14-3-15-6(4)16-7(1-2-7)8(10,11)12/h3H,1-2H2,(H3,13,14,15,16). The molecule has 1 heterocycles. The van der Waals surface area contributed by atoms with Gasteiger partial charge in [-0.25, -0.2) is 9.97 Å². The molecule has 0 atom stereocenters. The van der Waals surface area contributed by atoms with Crippen LogP contribution in [0, 0.1) is 0 Å². The summed E-state index contributed by atoms with van der Waals surface area (Å²) >= 11 is 3.05. The third-order valence-corrected chi connectivity index (χ3v) is 3.25. The first-order valence-corrected chi connectivity index (χ1v) is 5.26. The van der Waals surface area contributed by atoms with Gasteiger partial charge in [-0.05, 0) is 28.8 Å². The molecule has 0 aromatic carbocycles. The summed E-state index contributed by atoms with van der Waals surface area (Å²) in [5.41, 5.74) is 3.60. The van der Waals surface area contributed by atoms with Gasteiger partial charge in [0.15, 0.2) is 0 Å². The van der Waals surface area contributed by atoms with Gasteiger partial charge in [0.2, 0.25) is 0 Å².